The van der Waals surface area contributed by atoms with Gasteiger partial charge >= 0.3 is 0 Å². The van der Waals surface area contributed by atoms with Gasteiger partial charge in [0.15, 0.2) is 0 Å². The molecule has 0 atom stereocenters. The molecule has 6 nitrogen and oxygen atoms in total. The van der Waals surface area contributed by atoms with E-state index >= 15 is 0 Å². The van der Waals surface area contributed by atoms with Gasteiger partial charge in [-0.3, -0.25) is 0 Å². The Morgan fingerprint density at radius 1 is 0.920 bits per heavy atom. The summed E-state index contributed by atoms with van der Waals surface area (Å²) in [6.45, 7) is 4.46. The van der Waals surface area contributed by atoms with Crippen LogP contribution in [-0.4, -0.2) is 33.3 Å². The van der Waals surface area contributed by atoms with E-state index < -0.39 is 0 Å². The number of hydrogen-bond donors (Lipinski definition) is 2. The average Bonchev–Trinajstić information content (AvgIpc) is 3.33. The van der Waals surface area contributed by atoms with Gasteiger partial charge in [-0.15, -0.1) is 0 Å². The highest BCUT2D eigenvalue weighted by Crippen LogP contribution is 2.12. The number of nitrogens with one attached hydrogen (secondary N) is 2. The van der Waals surface area contributed by atoms with Crippen molar-refractivity contribution in [1.29, 1.82) is 0 Å². The zero-order valence-corrected chi connectivity index (χ0v) is 14.2. The summed E-state index contributed by atoms with van der Waals surface area (Å²) in [6.07, 6.45) is 2.74. The van der Waals surface area contributed by atoms with Crippen molar-refractivity contribution in [2.24, 2.45) is 0 Å². The third-order valence-corrected chi connectivity index (χ3v) is 4.71. The number of tetrazole rings is 1. The first-order valence-corrected chi connectivity index (χ1v) is 8.87. The van der Waals surface area contributed by atoms with Gasteiger partial charge in [0, 0.05) is 24.9 Å². The fraction of sp³-hybridized carbons (Fsp3) is 0.316. The highest BCUT2D eigenvalue weighted by molar-refractivity contribution is 5.39. The summed E-state index contributed by atoms with van der Waals surface area (Å²) < 4.78 is 1.71. The summed E-state index contributed by atoms with van der Waals surface area (Å²) in [6, 6.07) is 18.7. The molecule has 1 saturated heterocycles. The Morgan fingerprint density at radius 3 is 2.40 bits per heavy atom. The molecule has 6 heteroatoms. The van der Waals surface area contributed by atoms with Crippen LogP contribution < -0.4 is 10.2 Å². The lowest BCUT2D eigenvalue weighted by Crippen LogP contribution is -3.08. The van der Waals surface area contributed by atoms with Crippen LogP contribution in [0.1, 0.15) is 24.0 Å². The summed E-state index contributed by atoms with van der Waals surface area (Å²) >= 11 is 0. The molecule has 1 aromatic heterocycles. The van der Waals surface area contributed by atoms with E-state index in [0.29, 0.717) is 12.5 Å². The maximum Gasteiger partial charge on any atom is 0.248 e. The van der Waals surface area contributed by atoms with Crippen molar-refractivity contribution in [3.8, 4) is 5.69 Å². The summed E-state index contributed by atoms with van der Waals surface area (Å²) in [4.78, 5) is 1.70. The minimum absolute atomic E-state index is 0.650. The number of quaternary nitrogens is 1. The van der Waals surface area contributed by atoms with E-state index in [4.69, 9.17) is 0 Å². The monoisotopic (exact) mass is 335 g/mol. The molecule has 4 rings (SSSR count). The molecule has 0 radical (unpaired) electrons. The first-order valence-electron chi connectivity index (χ1n) is 8.87. The number of hydrogen-bond acceptors (Lipinski definition) is 4. The van der Waals surface area contributed by atoms with Gasteiger partial charge in [0.2, 0.25) is 5.95 Å². The molecule has 0 unspecified atom stereocenters. The van der Waals surface area contributed by atoms with Crippen molar-refractivity contribution in [3.05, 3.63) is 65.7 Å². The second kappa shape index (κ2) is 7.44. The fourth-order valence-electron chi connectivity index (χ4n) is 3.34. The van der Waals surface area contributed by atoms with Crippen LogP contribution >= 0.6 is 0 Å². The van der Waals surface area contributed by atoms with Crippen LogP contribution in [0.2, 0.25) is 0 Å². The molecular weight excluding hydrogens is 312 g/mol. The molecule has 0 aliphatic carbocycles. The van der Waals surface area contributed by atoms with Gasteiger partial charge in [0.25, 0.3) is 0 Å². The molecule has 2 aromatic carbocycles. The smallest absolute Gasteiger partial charge is 0.248 e. The highest BCUT2D eigenvalue weighted by Gasteiger charge is 2.15. The summed E-state index contributed by atoms with van der Waals surface area (Å²) in [5.74, 6) is 0.650. The minimum Gasteiger partial charge on any atom is -0.349 e. The van der Waals surface area contributed by atoms with E-state index in [-0.39, 0.29) is 0 Å². The Hall–Kier alpha value is -2.73. The normalized spacial score (nSPS) is 14.7. The number of rotatable bonds is 6. The molecule has 0 spiro atoms. The van der Waals surface area contributed by atoms with Crippen molar-refractivity contribution < 1.29 is 4.90 Å². The lowest BCUT2D eigenvalue weighted by atomic mass is 10.1. The second-order valence-corrected chi connectivity index (χ2v) is 6.55. The molecule has 1 fully saturated rings. The number of benzene rings is 2. The molecule has 0 amide bonds. The lowest BCUT2D eigenvalue weighted by Gasteiger charge is -2.12. The standard InChI is InChI=1S/C19H22N6/c1-2-6-18(7-3-1)25-19(21-22-23-25)20-14-16-8-10-17(11-9-16)15-24-12-4-5-13-24/h1-3,6-11H,4-5,12-15H2,(H,20,21,23)/p+1. The molecule has 2 heterocycles. The highest BCUT2D eigenvalue weighted by atomic mass is 15.6. The minimum atomic E-state index is 0.650. The van der Waals surface area contributed by atoms with Gasteiger partial charge < -0.3 is 10.2 Å². The van der Waals surface area contributed by atoms with Crippen LogP contribution in [0.25, 0.3) is 5.69 Å². The fourth-order valence-corrected chi connectivity index (χ4v) is 3.34. The van der Waals surface area contributed by atoms with E-state index in [1.165, 1.54) is 37.1 Å². The summed E-state index contributed by atoms with van der Waals surface area (Å²) in [5, 5.41) is 15.2. The summed E-state index contributed by atoms with van der Waals surface area (Å²) in [7, 11) is 0. The van der Waals surface area contributed by atoms with Crippen molar-refractivity contribution in [1.82, 2.24) is 20.2 Å². The molecule has 1 aliphatic rings. The Balaban J connectivity index is 1.38. The van der Waals surface area contributed by atoms with Gasteiger partial charge in [0.1, 0.15) is 6.54 Å². The predicted octanol–water partition coefficient (Wildman–Crippen LogP) is 1.45. The third-order valence-electron chi connectivity index (χ3n) is 4.71. The lowest BCUT2D eigenvalue weighted by molar-refractivity contribution is -0.901. The number of likely N-dealkylation sites (tertiary alicyclic amines) is 1. The molecule has 128 valence electrons. The number of nitrogens with zero attached hydrogens (tertiary/aromatic N) is 4. The Kier molecular flexibility index (Phi) is 4.70. The van der Waals surface area contributed by atoms with Crippen LogP contribution in [0.4, 0.5) is 5.95 Å². The van der Waals surface area contributed by atoms with Crippen molar-refractivity contribution in [3.63, 3.8) is 0 Å². The predicted molar refractivity (Wildman–Crippen MR) is 96.6 cm³/mol. The molecule has 0 bridgehead atoms. The van der Waals surface area contributed by atoms with E-state index in [1.54, 1.807) is 9.58 Å². The first kappa shape index (κ1) is 15.8. The van der Waals surface area contributed by atoms with Gasteiger partial charge in [-0.05, 0) is 28.1 Å². The van der Waals surface area contributed by atoms with Gasteiger partial charge in [-0.1, -0.05) is 47.6 Å². The average molecular weight is 335 g/mol. The summed E-state index contributed by atoms with van der Waals surface area (Å²) in [5.41, 5.74) is 3.58. The Labute approximate surface area is 147 Å². The topological polar surface area (TPSA) is 60.1 Å². The number of aromatic nitrogens is 4. The molecular formula is C19H23N6+. The van der Waals surface area contributed by atoms with E-state index in [0.717, 1.165) is 12.2 Å². The van der Waals surface area contributed by atoms with Crippen LogP contribution in [0, 0.1) is 0 Å². The van der Waals surface area contributed by atoms with Gasteiger partial charge in [-0.25, -0.2) is 0 Å². The largest absolute Gasteiger partial charge is 0.349 e. The van der Waals surface area contributed by atoms with Crippen LogP contribution in [0.3, 0.4) is 0 Å². The molecule has 2 N–H and O–H groups in total. The van der Waals surface area contributed by atoms with Crippen molar-refractivity contribution in [2.45, 2.75) is 25.9 Å². The number of anilines is 1. The van der Waals surface area contributed by atoms with E-state index in [9.17, 15) is 0 Å². The van der Waals surface area contributed by atoms with Crippen LogP contribution in [0.15, 0.2) is 54.6 Å². The molecule has 1 aliphatic heterocycles. The quantitative estimate of drug-likeness (QED) is 0.716. The van der Waals surface area contributed by atoms with Crippen LogP contribution in [-0.2, 0) is 13.1 Å². The molecule has 3 aromatic rings. The second-order valence-electron chi connectivity index (χ2n) is 6.55. The van der Waals surface area contributed by atoms with Crippen LogP contribution in [0.5, 0.6) is 0 Å². The molecule has 0 saturated carbocycles. The van der Waals surface area contributed by atoms with Gasteiger partial charge in [-0.2, -0.15) is 4.68 Å². The Morgan fingerprint density at radius 2 is 1.64 bits per heavy atom. The molecule has 25 heavy (non-hydrogen) atoms. The van der Waals surface area contributed by atoms with E-state index in [2.05, 4.69) is 45.1 Å². The van der Waals surface area contributed by atoms with E-state index in [1.807, 2.05) is 30.3 Å². The maximum absolute atomic E-state index is 4.08. The maximum atomic E-state index is 4.08. The zero-order valence-electron chi connectivity index (χ0n) is 14.2. The Bertz CT molecular complexity index is 790. The van der Waals surface area contributed by atoms with Crippen molar-refractivity contribution >= 4 is 5.95 Å². The third kappa shape index (κ3) is 3.85. The SMILES string of the molecule is c1ccc(-n2nnnc2NCc2ccc(C[NH+]3CCCC3)cc2)cc1. The number of para-hydroxylation sites is 1. The first-order chi connectivity index (χ1) is 12.4. The van der Waals surface area contributed by atoms with Crippen molar-refractivity contribution in [2.75, 3.05) is 18.4 Å². The zero-order chi connectivity index (χ0) is 16.9. The van der Waals surface area contributed by atoms with Gasteiger partial charge in [0.05, 0.1) is 18.8 Å².